The lowest BCUT2D eigenvalue weighted by molar-refractivity contribution is -0.119. The number of aliphatic hydroxyl groups excluding tert-OH is 1. The number of amides is 2. The fourth-order valence-electron chi connectivity index (χ4n) is 7.15. The van der Waals surface area contributed by atoms with Crippen LogP contribution in [0.3, 0.4) is 0 Å². The number of carbonyl (C=O) groups is 2. The molecule has 286 valence electrons. The van der Waals surface area contributed by atoms with Crippen LogP contribution in [0.1, 0.15) is 36.1 Å². The number of methoxy groups -OCH3 is 1. The lowest BCUT2D eigenvalue weighted by Gasteiger charge is -2.28. The second kappa shape index (κ2) is 16.4. The SMILES string of the molecule is COc1nc(-c2cccc(-c3cccc(-c4ccn5c(=O)c(CN(CC6CCC(=O)N6)C(=O)O)c(C)nc5c4)c3Cl)c2Cl)ccc1CN[C@H]1CCOC[C@@H]1O. The van der Waals surface area contributed by atoms with Gasteiger partial charge in [0.15, 0.2) is 0 Å². The molecular weight excluding hydrogens is 747 g/mol. The van der Waals surface area contributed by atoms with Crippen molar-refractivity contribution in [3.8, 4) is 39.4 Å². The molecule has 0 spiro atoms. The predicted octanol–water partition coefficient (Wildman–Crippen LogP) is 5.71. The van der Waals surface area contributed by atoms with E-state index in [0.29, 0.717) is 99.8 Å². The highest BCUT2D eigenvalue weighted by Crippen LogP contribution is 2.42. The van der Waals surface area contributed by atoms with Gasteiger partial charge >= 0.3 is 6.09 Å². The fraction of sp³-hybridized carbons (Fsp3) is 0.325. The molecule has 13 nitrogen and oxygen atoms in total. The Kier molecular flexibility index (Phi) is 11.4. The summed E-state index contributed by atoms with van der Waals surface area (Å²) in [5.74, 6) is 0.327. The molecule has 5 heterocycles. The molecule has 3 atom stereocenters. The Morgan fingerprint density at radius 1 is 1.04 bits per heavy atom. The number of carbonyl (C=O) groups excluding carboxylic acids is 1. The van der Waals surface area contributed by atoms with Crippen molar-refractivity contribution in [1.82, 2.24) is 29.9 Å². The molecular formula is C40H40Cl2N6O7. The van der Waals surface area contributed by atoms with Gasteiger partial charge in [-0.3, -0.25) is 14.0 Å². The van der Waals surface area contributed by atoms with Crippen molar-refractivity contribution in [3.05, 3.63) is 104 Å². The van der Waals surface area contributed by atoms with E-state index < -0.39 is 12.2 Å². The number of aryl methyl sites for hydroxylation is 1. The van der Waals surface area contributed by atoms with Gasteiger partial charge in [-0.15, -0.1) is 0 Å². The third kappa shape index (κ3) is 8.03. The molecule has 4 N–H and O–H groups in total. The Balaban J connectivity index is 1.15. The molecule has 0 bridgehead atoms. The highest BCUT2D eigenvalue weighted by molar-refractivity contribution is 6.39. The van der Waals surface area contributed by atoms with Crippen LogP contribution in [0.5, 0.6) is 5.88 Å². The Morgan fingerprint density at radius 2 is 1.76 bits per heavy atom. The number of nitrogens with zero attached hydrogens (tertiary/aromatic N) is 4. The van der Waals surface area contributed by atoms with E-state index in [4.69, 9.17) is 37.7 Å². The van der Waals surface area contributed by atoms with Crippen LogP contribution < -0.4 is 20.9 Å². The van der Waals surface area contributed by atoms with Crippen molar-refractivity contribution in [1.29, 1.82) is 0 Å². The number of ether oxygens (including phenoxy) is 2. The van der Waals surface area contributed by atoms with E-state index in [1.165, 1.54) is 4.40 Å². The zero-order valence-electron chi connectivity index (χ0n) is 30.2. The number of aliphatic hydroxyl groups is 1. The fourth-order valence-corrected chi connectivity index (χ4v) is 7.81. The Labute approximate surface area is 326 Å². The van der Waals surface area contributed by atoms with Gasteiger partial charge in [-0.25, -0.2) is 14.8 Å². The number of nitrogens with one attached hydrogen (secondary N) is 2. The van der Waals surface area contributed by atoms with Gasteiger partial charge in [0.2, 0.25) is 11.8 Å². The number of hydrogen-bond donors (Lipinski definition) is 4. The van der Waals surface area contributed by atoms with Crippen molar-refractivity contribution in [2.24, 2.45) is 0 Å². The standard InChI is InChI=1S/C40H40Cl2N6O7/c1-22-30(20-47(40(52)53)19-25-10-12-35(50)45-25)39(51)48-15-13-23(17-34(48)44-22)26-5-3-6-27(36(26)41)28-7-4-8-29(37(28)42)31-11-9-24(38(46-31)54-2)18-43-32-14-16-55-21-33(32)49/h3-9,11,13,15,17,25,32-33,43,49H,10,12,14,16,18-21H2,1-2H3,(H,45,50)(H,52,53)/t25?,32-,33-/m0/s1. The molecule has 5 aromatic rings. The summed E-state index contributed by atoms with van der Waals surface area (Å²) in [4.78, 5) is 48.0. The summed E-state index contributed by atoms with van der Waals surface area (Å²) >= 11 is 14.2. The predicted molar refractivity (Wildman–Crippen MR) is 209 cm³/mol. The smallest absolute Gasteiger partial charge is 0.407 e. The summed E-state index contributed by atoms with van der Waals surface area (Å²) in [5, 5.41) is 27.2. The number of fused-ring (bicyclic) bond motifs is 1. The van der Waals surface area contributed by atoms with Gasteiger partial charge in [-0.05, 0) is 43.5 Å². The van der Waals surface area contributed by atoms with Crippen molar-refractivity contribution < 1.29 is 29.3 Å². The summed E-state index contributed by atoms with van der Waals surface area (Å²) in [7, 11) is 1.56. The third-order valence-corrected chi connectivity index (χ3v) is 11.0. The van der Waals surface area contributed by atoms with Gasteiger partial charge in [-0.2, -0.15) is 0 Å². The Bertz CT molecular complexity index is 2340. The molecule has 2 amide bonds. The summed E-state index contributed by atoms with van der Waals surface area (Å²) in [6.07, 6.45) is 1.42. The van der Waals surface area contributed by atoms with Gasteiger partial charge < -0.3 is 35.2 Å². The molecule has 0 saturated carbocycles. The molecule has 3 aromatic heterocycles. The van der Waals surface area contributed by atoms with E-state index >= 15 is 0 Å². The largest absolute Gasteiger partial charge is 0.481 e. The number of aromatic nitrogens is 3. The number of halogens is 2. The monoisotopic (exact) mass is 786 g/mol. The third-order valence-electron chi connectivity index (χ3n) is 10.2. The van der Waals surface area contributed by atoms with E-state index in [1.54, 1.807) is 32.4 Å². The first-order chi connectivity index (χ1) is 26.5. The normalized spacial score (nSPS) is 18.3. The van der Waals surface area contributed by atoms with E-state index in [9.17, 15) is 24.6 Å². The van der Waals surface area contributed by atoms with Gasteiger partial charge in [0.05, 0.1) is 53.4 Å². The van der Waals surface area contributed by atoms with E-state index in [0.717, 1.165) is 10.5 Å². The van der Waals surface area contributed by atoms with Crippen LogP contribution in [0.4, 0.5) is 4.79 Å². The minimum absolute atomic E-state index is 0.0711. The lowest BCUT2D eigenvalue weighted by Crippen LogP contribution is -2.46. The maximum Gasteiger partial charge on any atom is 0.407 e. The molecule has 15 heteroatoms. The average molecular weight is 788 g/mol. The average Bonchev–Trinajstić information content (AvgIpc) is 3.59. The van der Waals surface area contributed by atoms with Crippen molar-refractivity contribution in [3.63, 3.8) is 0 Å². The lowest BCUT2D eigenvalue weighted by atomic mass is 9.97. The first-order valence-electron chi connectivity index (χ1n) is 17.9. The van der Waals surface area contributed by atoms with Gasteiger partial charge in [0.25, 0.3) is 5.56 Å². The second-order valence-corrected chi connectivity index (χ2v) is 14.5. The molecule has 2 aliphatic rings. The Morgan fingerprint density at radius 3 is 2.45 bits per heavy atom. The molecule has 2 aliphatic heterocycles. The molecule has 0 radical (unpaired) electrons. The summed E-state index contributed by atoms with van der Waals surface area (Å²) in [6, 6.07) is 18.2. The first kappa shape index (κ1) is 38.2. The molecule has 2 fully saturated rings. The van der Waals surface area contributed by atoms with Crippen LogP contribution >= 0.6 is 23.2 Å². The van der Waals surface area contributed by atoms with Gasteiger partial charge in [-0.1, -0.05) is 65.7 Å². The topological polar surface area (TPSA) is 168 Å². The van der Waals surface area contributed by atoms with Crippen LogP contribution in [0.25, 0.3) is 39.2 Å². The summed E-state index contributed by atoms with van der Waals surface area (Å²) in [5.41, 5.74) is 5.58. The second-order valence-electron chi connectivity index (χ2n) is 13.7. The van der Waals surface area contributed by atoms with Crippen LogP contribution in [0.15, 0.2) is 71.7 Å². The molecule has 1 unspecified atom stereocenters. The van der Waals surface area contributed by atoms with E-state index in [1.807, 2.05) is 48.5 Å². The number of pyridine rings is 2. The highest BCUT2D eigenvalue weighted by atomic mass is 35.5. The van der Waals surface area contributed by atoms with Crippen LogP contribution in [0.2, 0.25) is 10.0 Å². The van der Waals surface area contributed by atoms with Crippen molar-refractivity contribution in [2.45, 2.75) is 57.5 Å². The first-order valence-corrected chi connectivity index (χ1v) is 18.7. The van der Waals surface area contributed by atoms with E-state index in [2.05, 4.69) is 15.6 Å². The van der Waals surface area contributed by atoms with Crippen LogP contribution in [-0.2, 0) is 22.6 Å². The molecule has 7 rings (SSSR count). The van der Waals surface area contributed by atoms with Gasteiger partial charge in [0.1, 0.15) is 5.65 Å². The molecule has 2 saturated heterocycles. The zero-order chi connectivity index (χ0) is 38.8. The minimum atomic E-state index is -1.19. The van der Waals surface area contributed by atoms with Crippen molar-refractivity contribution in [2.75, 3.05) is 26.9 Å². The number of hydrogen-bond acceptors (Lipinski definition) is 9. The highest BCUT2D eigenvalue weighted by Gasteiger charge is 2.27. The van der Waals surface area contributed by atoms with Crippen LogP contribution in [0, 0.1) is 6.92 Å². The molecule has 0 aliphatic carbocycles. The minimum Gasteiger partial charge on any atom is -0.481 e. The van der Waals surface area contributed by atoms with E-state index in [-0.39, 0.29) is 42.2 Å². The Hall–Kier alpha value is -5.05. The zero-order valence-corrected chi connectivity index (χ0v) is 31.7. The number of benzene rings is 2. The molecule has 2 aromatic carbocycles. The van der Waals surface area contributed by atoms with Crippen LogP contribution in [-0.4, -0.2) is 86.5 Å². The van der Waals surface area contributed by atoms with Gasteiger partial charge in [0, 0.05) is 72.2 Å². The maximum atomic E-state index is 13.7. The quantitative estimate of drug-likeness (QED) is 0.130. The molecule has 55 heavy (non-hydrogen) atoms. The number of rotatable bonds is 11. The maximum absolute atomic E-state index is 13.7. The van der Waals surface area contributed by atoms with Crippen molar-refractivity contribution >= 4 is 40.8 Å². The summed E-state index contributed by atoms with van der Waals surface area (Å²) < 4.78 is 12.4. The summed E-state index contributed by atoms with van der Waals surface area (Å²) in [6.45, 7) is 2.94. The number of carboxylic acid groups (broad SMARTS) is 1.